The highest BCUT2D eigenvalue weighted by atomic mass is 19.1. The minimum absolute atomic E-state index is 0.00597. The van der Waals surface area contributed by atoms with E-state index in [1.807, 2.05) is 12.1 Å². The molecule has 4 heterocycles. The molecule has 3 aromatic carbocycles. The average molecular weight is 497 g/mol. The van der Waals surface area contributed by atoms with Crippen molar-refractivity contribution in [3.05, 3.63) is 139 Å². The second-order valence-corrected chi connectivity index (χ2v) is 10.4. The first-order chi connectivity index (χ1) is 18.6. The summed E-state index contributed by atoms with van der Waals surface area (Å²) in [6, 6.07) is 33.2. The average Bonchev–Trinajstić information content (AvgIpc) is 3.00. The minimum atomic E-state index is -0.186. The summed E-state index contributed by atoms with van der Waals surface area (Å²) in [5.74, 6) is 0.0175. The van der Waals surface area contributed by atoms with Crippen LogP contribution in [-0.4, -0.2) is 0 Å². The first kappa shape index (κ1) is 22.8. The van der Waals surface area contributed by atoms with Gasteiger partial charge in [0.2, 0.25) is 23.1 Å². The molecule has 2 aliphatic heterocycles. The maximum absolute atomic E-state index is 15.7. The van der Waals surface area contributed by atoms with Gasteiger partial charge in [-0.1, -0.05) is 60.7 Å². The van der Waals surface area contributed by atoms with E-state index in [9.17, 15) is 0 Å². The zero-order valence-corrected chi connectivity index (χ0v) is 21.4. The summed E-state index contributed by atoms with van der Waals surface area (Å²) >= 11 is 0. The van der Waals surface area contributed by atoms with Crippen LogP contribution in [0.15, 0.2) is 116 Å². The van der Waals surface area contributed by atoms with Crippen LogP contribution in [0.3, 0.4) is 0 Å². The van der Waals surface area contributed by atoms with Crippen LogP contribution in [0, 0.1) is 12.7 Å². The molecule has 5 aromatic rings. The molecule has 0 amide bonds. The van der Waals surface area contributed by atoms with Gasteiger partial charge < -0.3 is 0 Å². The molecule has 0 spiro atoms. The van der Waals surface area contributed by atoms with E-state index < -0.39 is 0 Å². The highest BCUT2D eigenvalue weighted by Gasteiger charge is 2.47. The van der Waals surface area contributed by atoms with Crippen molar-refractivity contribution in [1.82, 2.24) is 0 Å². The molecule has 0 radical (unpaired) electrons. The lowest BCUT2D eigenvalue weighted by Gasteiger charge is -2.29. The van der Waals surface area contributed by atoms with E-state index in [1.54, 1.807) is 6.07 Å². The summed E-state index contributed by atoms with van der Waals surface area (Å²) in [5.41, 5.74) is 10.7. The molecule has 2 aromatic heterocycles. The standard InChI is InChI=1S/C35H29FN2/c1-23-21-33-34-26(13-10-16-31(34)36)18-19-29-27-14-6-7-15-28(27)32-17-8-9-20-37(32)35(29)24(2)38(33)22-30(23)25-11-4-3-5-12-25/h3-17,20-22,29,35H,2,18-19H2,1H3/q+2. The van der Waals surface area contributed by atoms with E-state index in [0.717, 1.165) is 46.5 Å². The largest absolute Gasteiger partial charge is 0.249 e. The van der Waals surface area contributed by atoms with Crippen molar-refractivity contribution < 1.29 is 13.5 Å². The molecule has 184 valence electrons. The lowest BCUT2D eigenvalue weighted by atomic mass is 9.78. The number of rotatable bonds is 1. The first-order valence-corrected chi connectivity index (χ1v) is 13.3. The summed E-state index contributed by atoms with van der Waals surface area (Å²) in [5, 5.41) is 0. The molecule has 2 aliphatic rings. The Labute approximate surface area is 223 Å². The maximum atomic E-state index is 15.7. The SMILES string of the molecule is C=C1C2C(CCc3cccc(F)c3-c3cc(C)c(-c4ccccc4)c[n+]31)c1ccccc1-c1cccc[n+]12. The van der Waals surface area contributed by atoms with Crippen LogP contribution < -0.4 is 9.13 Å². The fraction of sp³-hybridized carbons (Fsp3) is 0.143. The summed E-state index contributed by atoms with van der Waals surface area (Å²) in [4.78, 5) is 0. The smallest absolute Gasteiger partial charge is 0.206 e. The Kier molecular flexibility index (Phi) is 5.33. The topological polar surface area (TPSA) is 7.76 Å². The third kappa shape index (κ3) is 3.46. The number of fused-ring (bicyclic) bond motifs is 9. The van der Waals surface area contributed by atoms with E-state index in [4.69, 9.17) is 6.58 Å². The number of benzene rings is 3. The normalized spacial score (nSPS) is 17.6. The van der Waals surface area contributed by atoms with Crippen molar-refractivity contribution in [3.63, 3.8) is 0 Å². The number of pyridine rings is 2. The van der Waals surface area contributed by atoms with Gasteiger partial charge in [-0.25, -0.2) is 4.39 Å². The quantitative estimate of drug-likeness (QED) is 0.213. The lowest BCUT2D eigenvalue weighted by molar-refractivity contribution is -0.727. The van der Waals surface area contributed by atoms with Crippen molar-refractivity contribution in [2.24, 2.45) is 0 Å². The number of aromatic nitrogens is 2. The zero-order valence-electron chi connectivity index (χ0n) is 21.4. The summed E-state index contributed by atoms with van der Waals surface area (Å²) in [6.45, 7) is 6.86. The van der Waals surface area contributed by atoms with E-state index in [1.165, 1.54) is 16.8 Å². The Morgan fingerprint density at radius 3 is 2.47 bits per heavy atom. The number of nitrogens with zero attached hydrogens (tertiary/aromatic N) is 2. The Morgan fingerprint density at radius 2 is 1.61 bits per heavy atom. The van der Waals surface area contributed by atoms with Crippen molar-refractivity contribution in [2.45, 2.75) is 31.7 Å². The van der Waals surface area contributed by atoms with E-state index in [0.29, 0.717) is 5.56 Å². The maximum Gasteiger partial charge on any atom is 0.249 e. The van der Waals surface area contributed by atoms with Gasteiger partial charge in [0.1, 0.15) is 5.82 Å². The molecule has 0 bridgehead atoms. The van der Waals surface area contributed by atoms with Crippen LogP contribution in [0.5, 0.6) is 0 Å². The van der Waals surface area contributed by atoms with E-state index >= 15 is 4.39 Å². The van der Waals surface area contributed by atoms with Crippen LogP contribution in [0.25, 0.3) is 39.3 Å². The van der Waals surface area contributed by atoms with Crippen molar-refractivity contribution >= 4 is 5.70 Å². The van der Waals surface area contributed by atoms with Gasteiger partial charge in [0.25, 0.3) is 0 Å². The molecular formula is C35H29FN2+2. The first-order valence-electron chi connectivity index (χ1n) is 13.3. The molecular weight excluding hydrogens is 467 g/mol. The number of halogens is 1. The van der Waals surface area contributed by atoms with Crippen LogP contribution >= 0.6 is 0 Å². The molecule has 0 saturated heterocycles. The second kappa shape index (κ2) is 8.88. The number of hydrogen-bond acceptors (Lipinski definition) is 0. The van der Waals surface area contributed by atoms with Crippen molar-refractivity contribution in [1.29, 1.82) is 0 Å². The molecule has 0 fully saturated rings. The van der Waals surface area contributed by atoms with Gasteiger partial charge >= 0.3 is 0 Å². The lowest BCUT2D eigenvalue weighted by Crippen LogP contribution is -2.53. The van der Waals surface area contributed by atoms with Gasteiger partial charge in [-0.3, -0.25) is 0 Å². The highest BCUT2D eigenvalue weighted by Crippen LogP contribution is 2.45. The second-order valence-electron chi connectivity index (χ2n) is 10.4. The molecule has 38 heavy (non-hydrogen) atoms. The predicted octanol–water partition coefficient (Wildman–Crippen LogP) is 7.47. The van der Waals surface area contributed by atoms with E-state index in [2.05, 4.69) is 107 Å². The third-order valence-electron chi connectivity index (χ3n) is 8.32. The Morgan fingerprint density at radius 1 is 0.816 bits per heavy atom. The fourth-order valence-electron chi connectivity index (χ4n) is 6.57. The molecule has 3 heteroatoms. The Hall–Kier alpha value is -4.37. The van der Waals surface area contributed by atoms with Gasteiger partial charge in [-0.05, 0) is 66.8 Å². The number of hydrogen-bond donors (Lipinski definition) is 0. The predicted molar refractivity (Wildman–Crippen MR) is 150 cm³/mol. The molecule has 2 atom stereocenters. The monoisotopic (exact) mass is 496 g/mol. The van der Waals surface area contributed by atoms with Gasteiger partial charge in [0.05, 0.1) is 11.5 Å². The summed E-state index contributed by atoms with van der Waals surface area (Å²) in [6.07, 6.45) is 6.03. The number of allylic oxidation sites excluding steroid dienone is 1. The Bertz CT molecular complexity index is 1720. The Balaban J connectivity index is 1.54. The molecule has 2 nitrogen and oxygen atoms in total. The number of aryl methyl sites for hydroxylation is 2. The summed E-state index contributed by atoms with van der Waals surface area (Å²) in [7, 11) is 0. The molecule has 0 saturated carbocycles. The fourth-order valence-corrected chi connectivity index (χ4v) is 6.57. The highest BCUT2D eigenvalue weighted by molar-refractivity contribution is 5.72. The van der Waals surface area contributed by atoms with Crippen molar-refractivity contribution in [3.8, 4) is 33.6 Å². The van der Waals surface area contributed by atoms with Gasteiger partial charge in [0.15, 0.2) is 12.4 Å². The molecule has 2 unspecified atom stereocenters. The van der Waals surface area contributed by atoms with Gasteiger partial charge in [-0.15, -0.1) is 0 Å². The molecule has 7 rings (SSSR count). The van der Waals surface area contributed by atoms with Crippen LogP contribution in [0.1, 0.15) is 35.1 Å². The van der Waals surface area contributed by atoms with Gasteiger partial charge in [0, 0.05) is 29.3 Å². The zero-order chi connectivity index (χ0) is 25.8. The van der Waals surface area contributed by atoms with Crippen LogP contribution in [0.4, 0.5) is 4.39 Å². The van der Waals surface area contributed by atoms with E-state index in [-0.39, 0.29) is 17.8 Å². The van der Waals surface area contributed by atoms with Gasteiger partial charge in [-0.2, -0.15) is 9.13 Å². The molecule has 0 aliphatic carbocycles. The minimum Gasteiger partial charge on any atom is -0.206 e. The van der Waals surface area contributed by atoms with Crippen LogP contribution in [-0.2, 0) is 6.42 Å². The summed E-state index contributed by atoms with van der Waals surface area (Å²) < 4.78 is 20.2. The van der Waals surface area contributed by atoms with Crippen LogP contribution in [0.2, 0.25) is 0 Å². The third-order valence-corrected chi connectivity index (χ3v) is 8.32. The van der Waals surface area contributed by atoms with Crippen molar-refractivity contribution in [2.75, 3.05) is 0 Å². The molecule has 0 N–H and O–H groups in total.